The summed E-state index contributed by atoms with van der Waals surface area (Å²) in [4.78, 5) is 21.5. The van der Waals surface area contributed by atoms with Gasteiger partial charge in [0, 0.05) is 36.7 Å². The molecule has 9 heteroatoms. The van der Waals surface area contributed by atoms with Gasteiger partial charge in [-0.25, -0.2) is 4.31 Å². The van der Waals surface area contributed by atoms with Crippen molar-refractivity contribution in [2.75, 3.05) is 19.6 Å². The molecule has 1 atom stereocenters. The van der Waals surface area contributed by atoms with Crippen molar-refractivity contribution in [1.82, 2.24) is 15.1 Å². The Bertz CT molecular complexity index is 498. The van der Waals surface area contributed by atoms with Crippen molar-refractivity contribution in [1.29, 1.82) is 0 Å². The number of nitro groups is 1. The molecule has 0 fully saturated rings. The van der Waals surface area contributed by atoms with Crippen LogP contribution in [0.3, 0.4) is 0 Å². The molecule has 3 N–H and O–H groups in total. The van der Waals surface area contributed by atoms with Crippen molar-refractivity contribution in [3.63, 3.8) is 0 Å². The minimum atomic E-state index is -0.433. The summed E-state index contributed by atoms with van der Waals surface area (Å²) >= 11 is 1.46. The van der Waals surface area contributed by atoms with Crippen LogP contribution in [0, 0.1) is 16.0 Å². The molecule has 0 aliphatic carbocycles. The second-order valence-corrected chi connectivity index (χ2v) is 6.61. The van der Waals surface area contributed by atoms with Gasteiger partial charge in [0.05, 0.1) is 11.0 Å². The Morgan fingerprint density at radius 2 is 2.00 bits per heavy atom. The van der Waals surface area contributed by atoms with Gasteiger partial charge in [0.1, 0.15) is 0 Å². The minimum absolute atomic E-state index is 0.0508. The molecule has 0 aliphatic heterocycles. The third-order valence-corrected chi connectivity index (χ3v) is 3.94. The largest absolute Gasteiger partial charge is 0.357 e. The van der Waals surface area contributed by atoms with Gasteiger partial charge in [0.15, 0.2) is 0 Å². The number of hydrogen-bond acceptors (Lipinski definition) is 7. The second-order valence-electron chi connectivity index (χ2n) is 5.44. The topological polar surface area (TPSA) is 108 Å². The molecule has 1 amide bonds. The molecular formula is C14H22N4O4S. The number of hydroxylamine groups is 1. The lowest BCUT2D eigenvalue weighted by Gasteiger charge is -2.27. The van der Waals surface area contributed by atoms with Gasteiger partial charge in [-0.15, -0.1) is 0 Å². The van der Waals surface area contributed by atoms with Gasteiger partial charge in [-0.05, 0) is 30.0 Å². The van der Waals surface area contributed by atoms with Crippen LogP contribution >= 0.6 is 11.9 Å². The average molecular weight is 342 g/mol. The van der Waals surface area contributed by atoms with Gasteiger partial charge in [-0.2, -0.15) is 5.48 Å². The zero-order valence-corrected chi connectivity index (χ0v) is 14.0. The molecular weight excluding hydrogens is 320 g/mol. The number of nitrogens with zero attached hydrogens (tertiary/aromatic N) is 2. The highest BCUT2D eigenvalue weighted by Crippen LogP contribution is 2.25. The van der Waals surface area contributed by atoms with Gasteiger partial charge < -0.3 is 10.5 Å². The Morgan fingerprint density at radius 3 is 2.48 bits per heavy atom. The Hall–Kier alpha value is -1.68. The van der Waals surface area contributed by atoms with Crippen LogP contribution in [0.25, 0.3) is 0 Å². The van der Waals surface area contributed by atoms with Crippen molar-refractivity contribution < 1.29 is 14.9 Å². The van der Waals surface area contributed by atoms with E-state index in [1.54, 1.807) is 12.1 Å². The van der Waals surface area contributed by atoms with Crippen molar-refractivity contribution in [2.45, 2.75) is 24.8 Å². The first-order valence-corrected chi connectivity index (χ1v) is 7.97. The number of carbonyl (C=O) groups excluding carboxylic acids is 1. The molecule has 0 saturated heterocycles. The summed E-state index contributed by atoms with van der Waals surface area (Å²) in [5.74, 6) is 0.402. The number of rotatable bonds is 11. The number of amides is 1. The van der Waals surface area contributed by atoms with Crippen molar-refractivity contribution >= 4 is 24.0 Å². The molecule has 0 saturated carbocycles. The van der Waals surface area contributed by atoms with Gasteiger partial charge >= 0.3 is 0 Å². The van der Waals surface area contributed by atoms with E-state index < -0.39 is 4.92 Å². The van der Waals surface area contributed by atoms with Crippen LogP contribution in [0.15, 0.2) is 29.2 Å². The lowest BCUT2D eigenvalue weighted by Crippen LogP contribution is -2.44. The fourth-order valence-corrected chi connectivity index (χ4v) is 3.10. The zero-order chi connectivity index (χ0) is 17.2. The van der Waals surface area contributed by atoms with Crippen LogP contribution in [0.2, 0.25) is 0 Å². The number of nitro benzene ring substituents is 1. The van der Waals surface area contributed by atoms with Crippen LogP contribution in [0.4, 0.5) is 5.69 Å². The van der Waals surface area contributed by atoms with Gasteiger partial charge in [0.2, 0.25) is 6.41 Å². The summed E-state index contributed by atoms with van der Waals surface area (Å²) in [6.45, 7) is 5.72. The fourth-order valence-electron chi connectivity index (χ4n) is 1.92. The second kappa shape index (κ2) is 10.2. The number of carbonyl (C=O) groups is 1. The zero-order valence-electron chi connectivity index (χ0n) is 13.1. The minimum Gasteiger partial charge on any atom is -0.357 e. The van der Waals surface area contributed by atoms with Crippen molar-refractivity contribution in [3.05, 3.63) is 34.4 Å². The summed E-state index contributed by atoms with van der Waals surface area (Å²) in [6.07, 6.45) is 0.584. The molecule has 0 spiro atoms. The first-order chi connectivity index (χ1) is 11.0. The van der Waals surface area contributed by atoms with E-state index >= 15 is 0 Å². The number of nitrogens with one attached hydrogen (secondary N) is 2. The van der Waals surface area contributed by atoms with Crippen LogP contribution in [-0.4, -0.2) is 46.5 Å². The molecule has 0 aromatic heterocycles. The Kier molecular flexibility index (Phi) is 8.56. The molecule has 0 heterocycles. The Balaban J connectivity index is 2.72. The quantitative estimate of drug-likeness (QED) is 0.243. The van der Waals surface area contributed by atoms with Crippen LogP contribution < -0.4 is 10.8 Å². The fraction of sp³-hybridized carbons (Fsp3) is 0.500. The Labute approximate surface area is 139 Å². The van der Waals surface area contributed by atoms with E-state index in [2.05, 4.69) is 24.6 Å². The normalized spacial score (nSPS) is 12.4. The first-order valence-electron chi connectivity index (χ1n) is 7.20. The molecule has 1 aromatic rings. The molecule has 1 unspecified atom stereocenters. The number of non-ortho nitro benzene ring substituents is 1. The molecule has 128 valence electrons. The van der Waals surface area contributed by atoms with E-state index in [1.165, 1.54) is 24.1 Å². The summed E-state index contributed by atoms with van der Waals surface area (Å²) < 4.78 is 2.05. The van der Waals surface area contributed by atoms with Gasteiger partial charge in [-0.1, -0.05) is 13.8 Å². The predicted molar refractivity (Wildman–Crippen MR) is 88.1 cm³/mol. The Morgan fingerprint density at radius 1 is 1.35 bits per heavy atom. The summed E-state index contributed by atoms with van der Waals surface area (Å²) in [5, 5.41) is 22.4. The number of hydrogen-bond donors (Lipinski definition) is 3. The highest BCUT2D eigenvalue weighted by Gasteiger charge is 2.16. The van der Waals surface area contributed by atoms with Crippen molar-refractivity contribution in [3.8, 4) is 0 Å². The highest BCUT2D eigenvalue weighted by atomic mass is 32.2. The molecule has 8 nitrogen and oxygen atoms in total. The van der Waals surface area contributed by atoms with Crippen molar-refractivity contribution in [2.24, 2.45) is 5.92 Å². The number of benzene rings is 1. The van der Waals surface area contributed by atoms with E-state index in [4.69, 9.17) is 0 Å². The SMILES string of the molecule is CC(C)CN(CC(CNC=O)NO)Sc1ccc([N+](=O)[O-])cc1. The molecule has 1 rings (SSSR count). The predicted octanol–water partition coefficient (Wildman–Crippen LogP) is 1.65. The molecule has 1 aromatic carbocycles. The molecule has 0 radical (unpaired) electrons. The maximum absolute atomic E-state index is 10.7. The third-order valence-electron chi connectivity index (χ3n) is 2.91. The van der Waals surface area contributed by atoms with Crippen LogP contribution in [0.1, 0.15) is 13.8 Å². The lowest BCUT2D eigenvalue weighted by atomic mass is 10.2. The summed E-state index contributed by atoms with van der Waals surface area (Å²) in [7, 11) is 0. The summed E-state index contributed by atoms with van der Waals surface area (Å²) in [6, 6.07) is 6.00. The van der Waals surface area contributed by atoms with Gasteiger partial charge in [-0.3, -0.25) is 14.9 Å². The van der Waals surface area contributed by atoms with E-state index in [0.717, 1.165) is 11.4 Å². The molecule has 0 bridgehead atoms. The maximum atomic E-state index is 10.7. The first kappa shape index (κ1) is 19.4. The third kappa shape index (κ3) is 7.42. The van der Waals surface area contributed by atoms with Crippen LogP contribution in [-0.2, 0) is 4.79 Å². The molecule has 0 aliphatic rings. The monoisotopic (exact) mass is 342 g/mol. The lowest BCUT2D eigenvalue weighted by molar-refractivity contribution is -0.384. The van der Waals surface area contributed by atoms with E-state index in [-0.39, 0.29) is 11.7 Å². The van der Waals surface area contributed by atoms with E-state index in [0.29, 0.717) is 25.4 Å². The maximum Gasteiger partial charge on any atom is 0.269 e. The highest BCUT2D eigenvalue weighted by molar-refractivity contribution is 7.97. The standard InChI is InChI=1S/C14H22N4O4S/c1-11(2)8-17(9-12(16-20)7-15-10-19)23-14-5-3-13(4-6-14)18(21)22/h3-6,10-12,16,20H,7-9H2,1-2H3,(H,15,19). The average Bonchev–Trinajstić information content (AvgIpc) is 2.51. The molecule has 23 heavy (non-hydrogen) atoms. The van der Waals surface area contributed by atoms with E-state index in [9.17, 15) is 20.1 Å². The smallest absolute Gasteiger partial charge is 0.269 e. The van der Waals surface area contributed by atoms with Crippen LogP contribution in [0.5, 0.6) is 0 Å². The summed E-state index contributed by atoms with van der Waals surface area (Å²) in [5.41, 5.74) is 2.24. The van der Waals surface area contributed by atoms with Gasteiger partial charge in [0.25, 0.3) is 5.69 Å². The van der Waals surface area contributed by atoms with E-state index in [1.807, 2.05) is 4.31 Å².